The number of amides is 2. The average molecular weight is 369 g/mol. The van der Waals surface area contributed by atoms with Crippen LogP contribution in [0, 0.1) is 0 Å². The van der Waals surface area contributed by atoms with Crippen LogP contribution in [0.4, 0.5) is 5.69 Å². The molecule has 27 heavy (non-hydrogen) atoms. The van der Waals surface area contributed by atoms with Crippen LogP contribution in [0.5, 0.6) is 0 Å². The van der Waals surface area contributed by atoms with Gasteiger partial charge >= 0.3 is 5.63 Å². The summed E-state index contributed by atoms with van der Waals surface area (Å²) in [7, 11) is 0. The third kappa shape index (κ3) is 4.09. The van der Waals surface area contributed by atoms with Crippen molar-refractivity contribution in [2.45, 2.75) is 20.4 Å². The number of imide groups is 1. The van der Waals surface area contributed by atoms with Crippen LogP contribution < -0.4 is 15.8 Å². The molecule has 0 bridgehead atoms. The van der Waals surface area contributed by atoms with Crippen molar-refractivity contribution >= 4 is 28.5 Å². The normalized spacial score (nSPS) is 13.8. The van der Waals surface area contributed by atoms with Crippen LogP contribution in [-0.4, -0.2) is 42.9 Å². The van der Waals surface area contributed by atoms with Crippen molar-refractivity contribution in [2.75, 3.05) is 31.1 Å². The second-order valence-electron chi connectivity index (χ2n) is 6.29. The molecule has 2 amide bonds. The van der Waals surface area contributed by atoms with Crippen LogP contribution in [0.2, 0.25) is 0 Å². The number of fused-ring (bicyclic) bond motifs is 1. The fraction of sp³-hybridized carbons (Fsp3) is 0.350. The van der Waals surface area contributed by atoms with Gasteiger partial charge in [-0.3, -0.25) is 14.5 Å². The minimum Gasteiger partial charge on any atom is -0.422 e. The van der Waals surface area contributed by atoms with E-state index in [0.29, 0.717) is 24.2 Å². The van der Waals surface area contributed by atoms with Gasteiger partial charge in [-0.25, -0.2) is 4.79 Å². The predicted octanol–water partition coefficient (Wildman–Crippen LogP) is 1.65. The van der Waals surface area contributed by atoms with E-state index in [1.807, 2.05) is 24.3 Å². The van der Waals surface area contributed by atoms with Crippen molar-refractivity contribution in [1.29, 1.82) is 0 Å². The van der Waals surface area contributed by atoms with Gasteiger partial charge in [0.25, 0.3) is 11.8 Å². The summed E-state index contributed by atoms with van der Waals surface area (Å²) >= 11 is 0. The van der Waals surface area contributed by atoms with Crippen molar-refractivity contribution < 1.29 is 14.0 Å². The Bertz CT molecular complexity index is 926. The van der Waals surface area contributed by atoms with Gasteiger partial charge in [0.05, 0.1) is 5.56 Å². The molecule has 1 N–H and O–H groups in total. The van der Waals surface area contributed by atoms with E-state index in [2.05, 4.69) is 24.1 Å². The van der Waals surface area contributed by atoms with Gasteiger partial charge in [0.2, 0.25) is 0 Å². The molecule has 1 aliphatic rings. The van der Waals surface area contributed by atoms with E-state index in [1.165, 1.54) is 12.2 Å². The number of anilines is 1. The summed E-state index contributed by atoms with van der Waals surface area (Å²) in [4.78, 5) is 38.6. The van der Waals surface area contributed by atoms with Crippen molar-refractivity contribution in [3.63, 3.8) is 0 Å². The highest BCUT2D eigenvalue weighted by atomic mass is 16.4. The highest BCUT2D eigenvalue weighted by Gasteiger charge is 2.22. The van der Waals surface area contributed by atoms with Gasteiger partial charge in [-0.1, -0.05) is 0 Å². The molecule has 0 saturated heterocycles. The van der Waals surface area contributed by atoms with Crippen LogP contribution in [0.3, 0.4) is 0 Å². The highest BCUT2D eigenvalue weighted by Crippen LogP contribution is 2.21. The van der Waals surface area contributed by atoms with Gasteiger partial charge in [0.1, 0.15) is 5.58 Å². The molecule has 0 radical (unpaired) electrons. The van der Waals surface area contributed by atoms with Gasteiger partial charge in [-0.15, -0.1) is 0 Å². The largest absolute Gasteiger partial charge is 0.422 e. The average Bonchev–Trinajstić information content (AvgIpc) is 2.98. The van der Waals surface area contributed by atoms with Crippen LogP contribution >= 0.6 is 0 Å². The fourth-order valence-corrected chi connectivity index (χ4v) is 3.12. The standard InChI is InChI=1S/C20H23N3O4/c1-3-22(4-2)16-6-5-14-11-15(20(26)27-17(14)12-16)13-21-9-10-23-18(24)7-8-19(23)25/h5-8,11-12,21H,3-4,9-10,13H2,1-2H3. The molecule has 0 aliphatic carbocycles. The number of nitrogens with zero attached hydrogens (tertiary/aromatic N) is 2. The molecular weight excluding hydrogens is 346 g/mol. The van der Waals surface area contributed by atoms with Crippen molar-refractivity contribution in [2.24, 2.45) is 0 Å². The molecule has 1 aliphatic heterocycles. The molecule has 142 valence electrons. The lowest BCUT2D eigenvalue weighted by molar-refractivity contribution is -0.136. The van der Waals surface area contributed by atoms with Gasteiger partial charge in [0.15, 0.2) is 0 Å². The van der Waals surface area contributed by atoms with Crippen LogP contribution in [0.1, 0.15) is 19.4 Å². The maximum Gasteiger partial charge on any atom is 0.340 e. The fourth-order valence-electron chi connectivity index (χ4n) is 3.12. The number of rotatable bonds is 8. The lowest BCUT2D eigenvalue weighted by Gasteiger charge is -2.21. The summed E-state index contributed by atoms with van der Waals surface area (Å²) in [5.41, 5.74) is 1.71. The minimum absolute atomic E-state index is 0.261. The Morgan fingerprint density at radius 1 is 1.04 bits per heavy atom. The Morgan fingerprint density at radius 2 is 1.74 bits per heavy atom. The smallest absolute Gasteiger partial charge is 0.340 e. The van der Waals surface area contributed by atoms with Crippen LogP contribution in [0.25, 0.3) is 11.0 Å². The monoisotopic (exact) mass is 369 g/mol. The summed E-state index contributed by atoms with van der Waals surface area (Å²) < 4.78 is 5.49. The van der Waals surface area contributed by atoms with Crippen molar-refractivity contribution in [1.82, 2.24) is 10.2 Å². The molecule has 7 nitrogen and oxygen atoms in total. The summed E-state index contributed by atoms with van der Waals surface area (Å²) in [5, 5.41) is 3.94. The van der Waals surface area contributed by atoms with Crippen molar-refractivity contribution in [3.05, 3.63) is 52.4 Å². The van der Waals surface area contributed by atoms with E-state index in [-0.39, 0.29) is 24.0 Å². The molecule has 7 heteroatoms. The third-order valence-corrected chi connectivity index (χ3v) is 4.65. The second kappa shape index (κ2) is 8.18. The number of carbonyl (C=O) groups is 2. The Labute approximate surface area is 157 Å². The number of benzene rings is 1. The third-order valence-electron chi connectivity index (χ3n) is 4.65. The van der Waals surface area contributed by atoms with E-state index in [4.69, 9.17) is 4.42 Å². The summed E-state index contributed by atoms with van der Waals surface area (Å²) in [6, 6.07) is 7.67. The molecule has 3 rings (SSSR count). The first kappa shape index (κ1) is 18.8. The van der Waals surface area contributed by atoms with Crippen LogP contribution in [-0.2, 0) is 16.1 Å². The Hall–Kier alpha value is -2.93. The van der Waals surface area contributed by atoms with Gasteiger partial charge in [0, 0.05) is 62.0 Å². The van der Waals surface area contributed by atoms with E-state index in [0.717, 1.165) is 29.1 Å². The molecule has 1 aromatic heterocycles. The number of nitrogens with one attached hydrogen (secondary N) is 1. The molecule has 0 fully saturated rings. The van der Waals surface area contributed by atoms with E-state index in [9.17, 15) is 14.4 Å². The molecule has 2 aromatic rings. The molecule has 0 unspecified atom stereocenters. The lowest BCUT2D eigenvalue weighted by Crippen LogP contribution is -2.36. The van der Waals surface area contributed by atoms with Crippen molar-refractivity contribution in [3.8, 4) is 0 Å². The summed E-state index contributed by atoms with van der Waals surface area (Å²) in [5.74, 6) is -0.618. The molecule has 0 spiro atoms. The summed E-state index contributed by atoms with van der Waals surface area (Å²) in [6.07, 6.45) is 2.51. The zero-order valence-electron chi connectivity index (χ0n) is 15.5. The maximum absolute atomic E-state index is 12.3. The zero-order valence-corrected chi connectivity index (χ0v) is 15.5. The molecular formula is C20H23N3O4. The number of carbonyl (C=O) groups excluding carboxylic acids is 2. The Morgan fingerprint density at radius 3 is 2.41 bits per heavy atom. The molecule has 0 saturated carbocycles. The maximum atomic E-state index is 12.3. The molecule has 1 aromatic carbocycles. The quantitative estimate of drug-likeness (QED) is 0.433. The first-order valence-electron chi connectivity index (χ1n) is 9.09. The van der Waals surface area contributed by atoms with Gasteiger partial charge in [-0.05, 0) is 32.0 Å². The minimum atomic E-state index is -0.387. The van der Waals surface area contributed by atoms with E-state index < -0.39 is 0 Å². The van der Waals surface area contributed by atoms with Gasteiger partial charge < -0.3 is 14.6 Å². The molecule has 2 heterocycles. The zero-order chi connectivity index (χ0) is 19.4. The molecule has 0 atom stereocenters. The Kier molecular flexibility index (Phi) is 5.71. The van der Waals surface area contributed by atoms with Gasteiger partial charge in [-0.2, -0.15) is 0 Å². The first-order chi connectivity index (χ1) is 13.0. The second-order valence-corrected chi connectivity index (χ2v) is 6.29. The highest BCUT2D eigenvalue weighted by molar-refractivity contribution is 6.12. The Balaban J connectivity index is 1.66. The summed E-state index contributed by atoms with van der Waals surface area (Å²) in [6.45, 7) is 6.89. The van der Waals surface area contributed by atoms with Crippen LogP contribution in [0.15, 0.2) is 45.6 Å². The van der Waals surface area contributed by atoms with E-state index in [1.54, 1.807) is 0 Å². The topological polar surface area (TPSA) is 82.9 Å². The number of hydrogen-bond donors (Lipinski definition) is 1. The lowest BCUT2D eigenvalue weighted by atomic mass is 10.1. The van der Waals surface area contributed by atoms with E-state index >= 15 is 0 Å². The number of hydrogen-bond acceptors (Lipinski definition) is 6. The first-order valence-corrected chi connectivity index (χ1v) is 9.09. The predicted molar refractivity (Wildman–Crippen MR) is 104 cm³/mol. The SMILES string of the molecule is CCN(CC)c1ccc2cc(CNCCN3C(=O)C=CC3=O)c(=O)oc2c1.